The number of nitrogens with zero attached hydrogens (tertiary/aromatic N) is 2. The Bertz CT molecular complexity index is 2050. The van der Waals surface area contributed by atoms with Crippen molar-refractivity contribution >= 4 is 75.4 Å². The number of carboxylic acids is 1. The SMILES string of the molecule is CS(=O)c1ccc2c(c1)N(CCS(=O)CC(=O)O)/C(=C/C1=CC3=CC4=C/C(=C/c5[se]c6cccc7c6[n+]5CCC7)CCC4CC3CC1)S2. The number of allylic oxidation sites excluding steroid dienone is 8. The normalized spacial score (nSPS) is 24.4. The zero-order chi connectivity index (χ0) is 32.9. The number of para-hydroxylation sites is 1. The molecule has 1 N–H and O–H groups in total. The summed E-state index contributed by atoms with van der Waals surface area (Å²) in [6.07, 6.45) is 22.0. The van der Waals surface area contributed by atoms with Crippen molar-refractivity contribution in [1.82, 2.24) is 0 Å². The van der Waals surface area contributed by atoms with Gasteiger partial charge >= 0.3 is 201 Å². The molecule has 6 nitrogen and oxygen atoms in total. The summed E-state index contributed by atoms with van der Waals surface area (Å²) in [4.78, 5) is 15.1. The fourth-order valence-electron chi connectivity index (χ4n) is 7.92. The number of carbonyl (C=O) groups is 1. The third-order valence-electron chi connectivity index (χ3n) is 10.3. The van der Waals surface area contributed by atoms with Crippen LogP contribution in [0, 0.1) is 11.8 Å². The second kappa shape index (κ2) is 13.5. The van der Waals surface area contributed by atoms with Gasteiger partial charge in [-0.3, -0.25) is 13.2 Å². The monoisotopic (exact) mass is 763 g/mol. The van der Waals surface area contributed by atoms with E-state index in [1.807, 2.05) is 18.2 Å². The van der Waals surface area contributed by atoms with E-state index in [9.17, 15) is 13.2 Å². The van der Waals surface area contributed by atoms with Crippen LogP contribution in [0.1, 0.15) is 48.7 Å². The van der Waals surface area contributed by atoms with Crippen LogP contribution >= 0.6 is 11.8 Å². The maximum absolute atomic E-state index is 12.5. The van der Waals surface area contributed by atoms with E-state index in [4.69, 9.17) is 5.11 Å². The predicted molar refractivity (Wildman–Crippen MR) is 197 cm³/mol. The summed E-state index contributed by atoms with van der Waals surface area (Å²) < 4.78 is 30.5. The summed E-state index contributed by atoms with van der Waals surface area (Å²) in [5.41, 5.74) is 9.66. The van der Waals surface area contributed by atoms with E-state index in [0.717, 1.165) is 46.3 Å². The Morgan fingerprint density at radius 3 is 2.73 bits per heavy atom. The molecule has 0 saturated heterocycles. The van der Waals surface area contributed by atoms with Gasteiger partial charge in [-0.25, -0.2) is 0 Å². The van der Waals surface area contributed by atoms with Crippen molar-refractivity contribution in [2.75, 3.05) is 29.2 Å². The molecule has 0 bridgehead atoms. The first-order chi connectivity index (χ1) is 23.3. The standard InChI is InChI=1S/C38H38N2O4S3Se/c1-46(43)31-11-12-33-32(22-31)39(14-15-47(44)23-37(41)42)35(45-33)18-24-7-9-27-20-28-10-8-25(17-30(28)21-29(27)16-24)19-36-40-13-3-5-26-4-2-6-34(48-36)38(26)40/h2,4,6,11-12,16-19,21-22,27-28H,3,5,7-10,13-15,20,23H2,1H3/p+1. The van der Waals surface area contributed by atoms with Gasteiger partial charge in [-0.15, -0.1) is 0 Å². The molecule has 0 radical (unpaired) electrons. The molecule has 3 aromatic rings. The van der Waals surface area contributed by atoms with Crippen LogP contribution in [-0.4, -0.2) is 58.3 Å². The van der Waals surface area contributed by atoms with Gasteiger partial charge in [0.25, 0.3) is 0 Å². The number of hydrogen-bond donors (Lipinski definition) is 1. The Morgan fingerprint density at radius 2 is 1.90 bits per heavy atom. The second-order valence-corrected chi connectivity index (χ2v) is 19.6. The van der Waals surface area contributed by atoms with Crippen molar-refractivity contribution in [3.8, 4) is 0 Å². The molecule has 0 amide bonds. The van der Waals surface area contributed by atoms with Gasteiger partial charge in [-0.1, -0.05) is 0 Å². The Labute approximate surface area is 297 Å². The molecule has 248 valence electrons. The number of carboxylic acid groups (broad SMARTS) is 1. The van der Waals surface area contributed by atoms with Gasteiger partial charge in [0.2, 0.25) is 0 Å². The van der Waals surface area contributed by atoms with Gasteiger partial charge in [0.15, 0.2) is 0 Å². The number of aromatic nitrogens is 1. The summed E-state index contributed by atoms with van der Waals surface area (Å²) >= 11 is 2.05. The number of anilines is 1. The zero-order valence-electron chi connectivity index (χ0n) is 27.0. The summed E-state index contributed by atoms with van der Waals surface area (Å²) in [6, 6.07) is 12.8. The fraction of sp³-hybridized carbons (Fsp3) is 0.368. The van der Waals surface area contributed by atoms with E-state index >= 15 is 0 Å². The van der Waals surface area contributed by atoms with E-state index in [2.05, 4.69) is 58.0 Å². The third kappa shape index (κ3) is 6.47. The zero-order valence-corrected chi connectivity index (χ0v) is 31.1. The second-order valence-electron chi connectivity index (χ2n) is 13.4. The van der Waals surface area contributed by atoms with Gasteiger partial charge in [0.1, 0.15) is 5.75 Å². The molecule has 10 heteroatoms. The molecule has 3 heterocycles. The topological polar surface area (TPSA) is 78.6 Å². The first-order valence-electron chi connectivity index (χ1n) is 16.8. The molecule has 2 aromatic carbocycles. The minimum atomic E-state index is -1.46. The van der Waals surface area contributed by atoms with Gasteiger partial charge in [-0.05, 0) is 18.2 Å². The van der Waals surface area contributed by atoms with E-state index in [-0.39, 0.29) is 11.5 Å². The number of thioether (sulfide) groups is 1. The summed E-state index contributed by atoms with van der Waals surface area (Å²) in [5.74, 6) is 0.0920. The summed E-state index contributed by atoms with van der Waals surface area (Å²) in [7, 11) is -2.58. The molecule has 1 aromatic heterocycles. The van der Waals surface area contributed by atoms with E-state index in [1.165, 1.54) is 63.6 Å². The van der Waals surface area contributed by atoms with Gasteiger partial charge in [0.05, 0.1) is 5.69 Å². The predicted octanol–water partition coefficient (Wildman–Crippen LogP) is 6.54. The summed E-state index contributed by atoms with van der Waals surface area (Å²) in [6.45, 7) is 1.58. The molecule has 0 saturated carbocycles. The summed E-state index contributed by atoms with van der Waals surface area (Å²) in [5, 5.41) is 10.2. The molecule has 48 heavy (non-hydrogen) atoms. The van der Waals surface area contributed by atoms with Crippen molar-refractivity contribution in [2.24, 2.45) is 11.8 Å². The molecule has 8 rings (SSSR count). The molecule has 3 aliphatic carbocycles. The van der Waals surface area contributed by atoms with E-state index in [0.29, 0.717) is 32.9 Å². The van der Waals surface area contributed by atoms with Gasteiger partial charge in [-0.2, -0.15) is 0 Å². The van der Waals surface area contributed by atoms with Crippen LogP contribution in [0.2, 0.25) is 0 Å². The fourth-order valence-corrected chi connectivity index (χ4v) is 13.0. The van der Waals surface area contributed by atoms with Crippen LogP contribution in [0.4, 0.5) is 5.69 Å². The van der Waals surface area contributed by atoms with Crippen LogP contribution in [-0.2, 0) is 39.4 Å². The van der Waals surface area contributed by atoms with Gasteiger partial charge < -0.3 is 5.11 Å². The molecular weight excluding hydrogens is 724 g/mol. The Morgan fingerprint density at radius 1 is 1.06 bits per heavy atom. The number of rotatable bonds is 8. The van der Waals surface area contributed by atoms with Crippen LogP contribution in [0.5, 0.6) is 0 Å². The van der Waals surface area contributed by atoms with Crippen LogP contribution < -0.4 is 9.47 Å². The quantitative estimate of drug-likeness (QED) is 0.208. The van der Waals surface area contributed by atoms with Crippen LogP contribution in [0.25, 0.3) is 15.9 Å². The maximum atomic E-state index is 12.5. The average Bonchev–Trinajstić information content (AvgIpc) is 3.60. The van der Waals surface area contributed by atoms with E-state index in [1.54, 1.807) is 22.3 Å². The van der Waals surface area contributed by atoms with Crippen molar-refractivity contribution in [2.45, 2.75) is 61.3 Å². The molecule has 0 spiro atoms. The Hall–Kier alpha value is -2.75. The first kappa shape index (κ1) is 32.5. The van der Waals surface area contributed by atoms with Crippen molar-refractivity contribution in [3.63, 3.8) is 0 Å². The molecule has 4 atom stereocenters. The number of aryl methyl sites for hydroxylation is 2. The number of benzene rings is 2. The van der Waals surface area contributed by atoms with Crippen molar-refractivity contribution in [1.29, 1.82) is 0 Å². The van der Waals surface area contributed by atoms with Crippen molar-refractivity contribution < 1.29 is 22.9 Å². The Balaban J connectivity index is 1.08. The van der Waals surface area contributed by atoms with Crippen LogP contribution in [0.3, 0.4) is 0 Å². The number of fused-ring (bicyclic) bond motifs is 3. The van der Waals surface area contributed by atoms with Gasteiger partial charge in [0, 0.05) is 49.9 Å². The molecule has 5 aliphatic rings. The van der Waals surface area contributed by atoms with Crippen molar-refractivity contribution in [3.05, 3.63) is 98.2 Å². The Kier molecular flexibility index (Phi) is 9.14. The molecule has 0 fully saturated rings. The average molecular weight is 763 g/mol. The van der Waals surface area contributed by atoms with E-state index < -0.39 is 27.6 Å². The minimum absolute atomic E-state index is 0.256. The third-order valence-corrected chi connectivity index (χ3v) is 15.8. The first-order valence-corrected chi connectivity index (χ1v) is 22.4. The number of hydrogen-bond acceptors (Lipinski definition) is 5. The molecule has 4 unspecified atom stereocenters. The van der Waals surface area contributed by atoms with Crippen LogP contribution in [0.15, 0.2) is 97.8 Å². The molecular formula is C38H39N2O4S3Se+. The molecule has 2 aliphatic heterocycles. The number of aliphatic carboxylic acids is 1.